The molecule has 7 nitrogen and oxygen atoms in total. The minimum Gasteiger partial charge on any atom is -0.465 e. The lowest BCUT2D eigenvalue weighted by atomic mass is 10.1. The molecule has 0 fully saturated rings. The Morgan fingerprint density at radius 2 is 1.80 bits per heavy atom. The van der Waals surface area contributed by atoms with Crippen molar-refractivity contribution in [2.45, 2.75) is 13.8 Å². The summed E-state index contributed by atoms with van der Waals surface area (Å²) in [4.78, 5) is 36.7. The van der Waals surface area contributed by atoms with Crippen molar-refractivity contribution in [3.63, 3.8) is 0 Å². The minimum absolute atomic E-state index is 0.0408. The van der Waals surface area contributed by atoms with Crippen LogP contribution >= 0.6 is 0 Å². The van der Waals surface area contributed by atoms with Crippen LogP contribution in [-0.2, 0) is 4.74 Å². The molecule has 0 aromatic heterocycles. The normalized spacial score (nSPS) is 10.2. The average molecular weight is 342 g/mol. The summed E-state index contributed by atoms with van der Waals surface area (Å²) in [5.41, 5.74) is 1.28. The van der Waals surface area contributed by atoms with E-state index >= 15 is 0 Å². The number of esters is 1. The molecule has 25 heavy (non-hydrogen) atoms. The summed E-state index contributed by atoms with van der Waals surface area (Å²) >= 11 is 0. The van der Waals surface area contributed by atoms with Crippen LogP contribution in [0, 0.1) is 17.0 Å². The van der Waals surface area contributed by atoms with Crippen LogP contribution < -0.4 is 4.90 Å². The Balaban J connectivity index is 2.53. The number of nitro benzene ring substituents is 1. The fraction of sp³-hybridized carbons (Fsp3) is 0.222. The number of hydrogen-bond acceptors (Lipinski definition) is 5. The van der Waals surface area contributed by atoms with Gasteiger partial charge in [0.25, 0.3) is 11.6 Å². The van der Waals surface area contributed by atoms with Gasteiger partial charge in [0.05, 0.1) is 17.6 Å². The first kappa shape index (κ1) is 18.1. The zero-order chi connectivity index (χ0) is 18.6. The number of nitro groups is 1. The molecule has 7 heteroatoms. The van der Waals surface area contributed by atoms with Gasteiger partial charge in [0.1, 0.15) is 0 Å². The quantitative estimate of drug-likeness (QED) is 0.472. The maximum Gasteiger partial charge on any atom is 0.338 e. The van der Waals surface area contributed by atoms with Crippen LogP contribution in [-0.4, -0.2) is 30.5 Å². The molecule has 2 rings (SSSR count). The highest BCUT2D eigenvalue weighted by molar-refractivity contribution is 6.08. The first-order valence-corrected chi connectivity index (χ1v) is 7.64. The largest absolute Gasteiger partial charge is 0.465 e. The molecular formula is C18H18N2O5. The van der Waals surface area contributed by atoms with E-state index in [-0.39, 0.29) is 16.8 Å². The van der Waals surface area contributed by atoms with Gasteiger partial charge in [-0.15, -0.1) is 0 Å². The second-order valence-electron chi connectivity index (χ2n) is 5.35. The van der Waals surface area contributed by atoms with Crippen molar-refractivity contribution in [3.05, 3.63) is 69.3 Å². The fourth-order valence-corrected chi connectivity index (χ4v) is 2.52. The van der Waals surface area contributed by atoms with Crippen LogP contribution in [0.15, 0.2) is 42.5 Å². The van der Waals surface area contributed by atoms with Crippen LogP contribution in [0.4, 0.5) is 11.4 Å². The van der Waals surface area contributed by atoms with E-state index in [1.165, 1.54) is 18.1 Å². The molecule has 0 bridgehead atoms. The van der Waals surface area contributed by atoms with Crippen LogP contribution in [0.5, 0.6) is 0 Å². The van der Waals surface area contributed by atoms with Crippen molar-refractivity contribution in [1.29, 1.82) is 0 Å². The number of nitrogens with zero attached hydrogens (tertiary/aromatic N) is 2. The monoisotopic (exact) mass is 342 g/mol. The third-order valence-electron chi connectivity index (χ3n) is 3.76. The minimum atomic E-state index is -0.739. The first-order valence-electron chi connectivity index (χ1n) is 7.64. The maximum absolute atomic E-state index is 12.9. The number of methoxy groups -OCH3 is 1. The topological polar surface area (TPSA) is 89.8 Å². The van der Waals surface area contributed by atoms with Gasteiger partial charge in [-0.2, -0.15) is 0 Å². The fourth-order valence-electron chi connectivity index (χ4n) is 2.52. The first-order chi connectivity index (χ1) is 11.9. The van der Waals surface area contributed by atoms with Crippen LogP contribution in [0.3, 0.4) is 0 Å². The smallest absolute Gasteiger partial charge is 0.338 e. The lowest BCUT2D eigenvalue weighted by Gasteiger charge is -2.23. The Hall–Kier alpha value is -3.22. The number of hydrogen-bond donors (Lipinski definition) is 0. The van der Waals surface area contributed by atoms with Crippen molar-refractivity contribution in [2.75, 3.05) is 18.6 Å². The van der Waals surface area contributed by atoms with E-state index in [1.54, 1.807) is 6.07 Å². The molecule has 0 heterocycles. The highest BCUT2D eigenvalue weighted by atomic mass is 16.6. The SMILES string of the molecule is CCN(C(=O)c1cc(C(=O)OC)cc([N+](=O)[O-])c1)c1ccccc1C. The summed E-state index contributed by atoms with van der Waals surface area (Å²) < 4.78 is 4.61. The number of carbonyl (C=O) groups is 2. The molecule has 2 aromatic carbocycles. The van der Waals surface area contributed by atoms with Gasteiger partial charge >= 0.3 is 5.97 Å². The molecule has 0 saturated heterocycles. The summed E-state index contributed by atoms with van der Waals surface area (Å²) in [6.45, 7) is 4.06. The number of anilines is 1. The number of para-hydroxylation sites is 1. The van der Waals surface area contributed by atoms with Gasteiger partial charge in [0.15, 0.2) is 0 Å². The Morgan fingerprint density at radius 3 is 2.36 bits per heavy atom. The highest BCUT2D eigenvalue weighted by Gasteiger charge is 2.23. The number of aryl methyl sites for hydroxylation is 1. The molecule has 0 aliphatic rings. The highest BCUT2D eigenvalue weighted by Crippen LogP contribution is 2.24. The molecule has 0 atom stereocenters. The summed E-state index contributed by atoms with van der Waals surface area (Å²) in [5.74, 6) is -1.16. The number of ether oxygens (including phenoxy) is 1. The molecule has 0 aliphatic carbocycles. The van der Waals surface area contributed by atoms with E-state index in [4.69, 9.17) is 0 Å². The van der Waals surface area contributed by atoms with Gasteiger partial charge in [0.2, 0.25) is 0 Å². The third-order valence-corrected chi connectivity index (χ3v) is 3.76. The van der Waals surface area contributed by atoms with Crippen molar-refractivity contribution in [2.24, 2.45) is 0 Å². The second kappa shape index (κ2) is 7.57. The van der Waals surface area contributed by atoms with Gasteiger partial charge in [-0.05, 0) is 31.5 Å². The molecule has 0 aliphatic heterocycles. The van der Waals surface area contributed by atoms with E-state index < -0.39 is 16.8 Å². The Labute approximate surface area is 145 Å². The molecule has 2 aromatic rings. The number of amides is 1. The van der Waals surface area contributed by atoms with Gasteiger partial charge in [0, 0.05) is 29.9 Å². The Bertz CT molecular complexity index is 832. The van der Waals surface area contributed by atoms with Gasteiger partial charge in [-0.25, -0.2) is 4.79 Å². The summed E-state index contributed by atoms with van der Waals surface area (Å²) in [5, 5.41) is 11.1. The number of benzene rings is 2. The standard InChI is InChI=1S/C18H18N2O5/c1-4-19(16-8-6-5-7-12(16)2)17(21)13-9-14(18(22)25-3)11-15(10-13)20(23)24/h5-11H,4H2,1-3H3. The molecular weight excluding hydrogens is 324 g/mol. The molecule has 0 N–H and O–H groups in total. The van der Waals surface area contributed by atoms with Crippen LogP contribution in [0.2, 0.25) is 0 Å². The predicted octanol–water partition coefficient (Wildman–Crippen LogP) is 3.36. The zero-order valence-electron chi connectivity index (χ0n) is 14.2. The molecule has 0 unspecified atom stereocenters. The van der Waals surface area contributed by atoms with E-state index in [0.717, 1.165) is 17.7 Å². The molecule has 130 valence electrons. The second-order valence-corrected chi connectivity index (χ2v) is 5.35. The predicted molar refractivity (Wildman–Crippen MR) is 93.0 cm³/mol. The molecule has 0 radical (unpaired) electrons. The Morgan fingerprint density at radius 1 is 1.16 bits per heavy atom. The maximum atomic E-state index is 12.9. The van der Waals surface area contributed by atoms with Crippen LogP contribution in [0.25, 0.3) is 0 Å². The molecule has 0 spiro atoms. The van der Waals surface area contributed by atoms with E-state index in [2.05, 4.69) is 4.74 Å². The lowest BCUT2D eigenvalue weighted by molar-refractivity contribution is -0.384. The number of non-ortho nitro benzene ring substituents is 1. The van der Waals surface area contributed by atoms with Crippen molar-refractivity contribution in [3.8, 4) is 0 Å². The lowest BCUT2D eigenvalue weighted by Crippen LogP contribution is -2.31. The van der Waals surface area contributed by atoms with Gasteiger partial charge in [-0.1, -0.05) is 18.2 Å². The summed E-state index contributed by atoms with van der Waals surface area (Å²) in [6.07, 6.45) is 0. The molecule has 1 amide bonds. The third kappa shape index (κ3) is 3.82. The average Bonchev–Trinajstić information content (AvgIpc) is 2.62. The van der Waals surface area contributed by atoms with Crippen molar-refractivity contribution in [1.82, 2.24) is 0 Å². The number of rotatable bonds is 5. The van der Waals surface area contributed by atoms with Crippen LogP contribution in [0.1, 0.15) is 33.2 Å². The molecule has 0 saturated carbocycles. The van der Waals surface area contributed by atoms with Gasteiger partial charge < -0.3 is 9.64 Å². The van der Waals surface area contributed by atoms with Gasteiger partial charge in [-0.3, -0.25) is 14.9 Å². The summed E-state index contributed by atoms with van der Waals surface area (Å²) in [7, 11) is 1.17. The Kier molecular flexibility index (Phi) is 5.49. The zero-order valence-corrected chi connectivity index (χ0v) is 14.2. The number of carbonyl (C=O) groups excluding carboxylic acids is 2. The van der Waals surface area contributed by atoms with E-state index in [1.807, 2.05) is 32.0 Å². The summed E-state index contributed by atoms with van der Waals surface area (Å²) in [6, 6.07) is 10.9. The van der Waals surface area contributed by atoms with Crippen molar-refractivity contribution >= 4 is 23.3 Å². The van der Waals surface area contributed by atoms with Crippen molar-refractivity contribution < 1.29 is 19.2 Å². The van der Waals surface area contributed by atoms with E-state index in [0.29, 0.717) is 12.2 Å². The van der Waals surface area contributed by atoms with E-state index in [9.17, 15) is 19.7 Å².